The van der Waals surface area contributed by atoms with Gasteiger partial charge in [0.15, 0.2) is 6.61 Å². The van der Waals surface area contributed by atoms with Crippen molar-refractivity contribution in [2.45, 2.75) is 6.04 Å². The van der Waals surface area contributed by atoms with Crippen LogP contribution in [0.1, 0.15) is 22.0 Å². The largest absolute Gasteiger partial charge is 0.482 e. The highest BCUT2D eigenvalue weighted by Gasteiger charge is 2.32. The summed E-state index contributed by atoms with van der Waals surface area (Å²) in [5.41, 5.74) is 3.87. The number of likely N-dealkylation sites (N-methyl/N-ethyl adjacent to an activating group) is 1. The average molecular weight is 626 g/mol. The fourth-order valence-electron chi connectivity index (χ4n) is 5.26. The third-order valence-corrected chi connectivity index (χ3v) is 8.50. The number of carbonyl (C=O) groups excluding carboxylic acids is 3. The molecule has 0 N–H and O–H groups in total. The predicted molar refractivity (Wildman–Crippen MR) is 167 cm³/mol. The van der Waals surface area contributed by atoms with E-state index in [9.17, 15) is 14.4 Å². The summed E-state index contributed by atoms with van der Waals surface area (Å²) in [5, 5.41) is 0.578. The van der Waals surface area contributed by atoms with E-state index in [1.807, 2.05) is 42.5 Å². The Morgan fingerprint density at radius 2 is 1.63 bits per heavy atom. The topological polar surface area (TPSA) is 82.6 Å². The van der Waals surface area contributed by atoms with Crippen LogP contribution < -0.4 is 9.64 Å². The minimum absolute atomic E-state index is 0.0593. The van der Waals surface area contributed by atoms with Crippen molar-refractivity contribution in [3.05, 3.63) is 81.8 Å². The minimum atomic E-state index is -0.336. The summed E-state index contributed by atoms with van der Waals surface area (Å²) in [6.07, 6.45) is 0. The van der Waals surface area contributed by atoms with Crippen molar-refractivity contribution >= 4 is 46.6 Å². The molecule has 0 saturated carbocycles. The molecule has 9 nitrogen and oxygen atoms in total. The van der Waals surface area contributed by atoms with Gasteiger partial charge in [0.25, 0.3) is 11.8 Å². The smallest absolute Gasteiger partial charge is 0.265 e. The fraction of sp³-hybridized carbons (Fsp3) is 0.344. The van der Waals surface area contributed by atoms with E-state index in [-0.39, 0.29) is 41.9 Å². The number of benzene rings is 3. The van der Waals surface area contributed by atoms with Crippen LogP contribution in [0.5, 0.6) is 5.75 Å². The van der Waals surface area contributed by atoms with Crippen molar-refractivity contribution < 1.29 is 23.9 Å². The number of halogens is 2. The zero-order chi connectivity index (χ0) is 30.7. The quantitative estimate of drug-likeness (QED) is 0.364. The van der Waals surface area contributed by atoms with Gasteiger partial charge in [-0.15, -0.1) is 0 Å². The van der Waals surface area contributed by atoms with E-state index >= 15 is 0 Å². The van der Waals surface area contributed by atoms with Gasteiger partial charge in [-0.05, 0) is 34.9 Å². The van der Waals surface area contributed by atoms with Crippen molar-refractivity contribution in [1.29, 1.82) is 0 Å². The number of ether oxygens (including phenoxy) is 2. The molecule has 2 aliphatic heterocycles. The van der Waals surface area contributed by atoms with E-state index in [0.29, 0.717) is 41.8 Å². The Hall–Kier alpha value is -3.63. The number of carbonyl (C=O) groups is 3. The molecule has 0 radical (unpaired) electrons. The molecule has 3 aromatic carbocycles. The van der Waals surface area contributed by atoms with Gasteiger partial charge in [-0.2, -0.15) is 0 Å². The summed E-state index contributed by atoms with van der Waals surface area (Å²) in [5.74, 6) is -0.224. The normalized spacial score (nSPS) is 15.8. The molecule has 0 aromatic heterocycles. The van der Waals surface area contributed by atoms with Gasteiger partial charge in [-0.1, -0.05) is 59.6 Å². The lowest BCUT2D eigenvalue weighted by atomic mass is 9.98. The van der Waals surface area contributed by atoms with Crippen molar-refractivity contribution in [1.82, 2.24) is 14.7 Å². The molecule has 226 valence electrons. The molecule has 0 aliphatic carbocycles. The van der Waals surface area contributed by atoms with E-state index < -0.39 is 0 Å². The predicted octanol–water partition coefficient (Wildman–Crippen LogP) is 4.62. The van der Waals surface area contributed by atoms with Crippen molar-refractivity contribution in [3.8, 4) is 16.9 Å². The van der Waals surface area contributed by atoms with Crippen LogP contribution in [0.4, 0.5) is 5.69 Å². The number of hydrogen-bond donors (Lipinski definition) is 0. The monoisotopic (exact) mass is 624 g/mol. The number of fused-ring (bicyclic) bond motifs is 1. The first-order valence-corrected chi connectivity index (χ1v) is 14.8. The van der Waals surface area contributed by atoms with E-state index in [0.717, 1.165) is 29.8 Å². The third kappa shape index (κ3) is 6.96. The Balaban J connectivity index is 1.40. The molecule has 43 heavy (non-hydrogen) atoms. The van der Waals surface area contributed by atoms with E-state index in [4.69, 9.17) is 32.7 Å². The van der Waals surface area contributed by atoms with Gasteiger partial charge < -0.3 is 19.3 Å². The van der Waals surface area contributed by atoms with E-state index in [1.165, 1.54) is 4.90 Å². The lowest BCUT2D eigenvalue weighted by molar-refractivity contribution is -0.133. The van der Waals surface area contributed by atoms with Crippen LogP contribution >= 0.6 is 23.2 Å². The maximum absolute atomic E-state index is 13.8. The van der Waals surface area contributed by atoms with Crippen LogP contribution in [0, 0.1) is 0 Å². The molecular weight excluding hydrogens is 591 g/mol. The molecule has 1 fully saturated rings. The lowest BCUT2D eigenvalue weighted by Gasteiger charge is -2.37. The van der Waals surface area contributed by atoms with Crippen LogP contribution in [0.2, 0.25) is 10.0 Å². The maximum Gasteiger partial charge on any atom is 0.265 e. The molecule has 5 rings (SSSR count). The highest BCUT2D eigenvalue weighted by atomic mass is 35.5. The second kappa shape index (κ2) is 13.3. The Bertz CT molecular complexity index is 1510. The Labute approximate surface area is 261 Å². The minimum Gasteiger partial charge on any atom is -0.482 e. The Morgan fingerprint density at radius 1 is 0.930 bits per heavy atom. The zero-order valence-electron chi connectivity index (χ0n) is 24.4. The Morgan fingerprint density at radius 3 is 2.33 bits per heavy atom. The van der Waals surface area contributed by atoms with E-state index in [1.54, 1.807) is 49.1 Å². The lowest BCUT2D eigenvalue weighted by Crippen LogP contribution is -2.48. The Kier molecular flexibility index (Phi) is 9.56. The second-order valence-corrected chi connectivity index (χ2v) is 11.7. The standard InChI is InChI=1S/C32H34Cl2N4O5/c1-35(2)32(41)24-6-4-5-23(15-24)21-7-9-22(10-8-21)28(18-37-11-13-42-14-12-37)36(3)30(39)19-38-27-16-25(33)26(34)17-29(27)43-20-31(38)40/h4-10,15-17,28H,11-14,18-20H2,1-3H3. The molecule has 3 amide bonds. The molecule has 1 saturated heterocycles. The summed E-state index contributed by atoms with van der Waals surface area (Å²) in [6.45, 7) is 3.03. The van der Waals surface area contributed by atoms with Gasteiger partial charge in [-0.25, -0.2) is 0 Å². The number of amides is 3. The first-order chi connectivity index (χ1) is 20.6. The third-order valence-electron chi connectivity index (χ3n) is 7.78. The number of morpholine rings is 1. The fourth-order valence-corrected chi connectivity index (χ4v) is 5.57. The molecule has 3 aromatic rings. The summed E-state index contributed by atoms with van der Waals surface area (Å²) in [6, 6.07) is 18.4. The number of rotatable bonds is 8. The molecule has 0 bridgehead atoms. The van der Waals surface area contributed by atoms with Gasteiger partial charge in [0.05, 0.1) is 35.0 Å². The molecular formula is C32H34Cl2N4O5. The molecule has 2 aliphatic rings. The second-order valence-electron chi connectivity index (χ2n) is 10.8. The van der Waals surface area contributed by atoms with Crippen molar-refractivity contribution in [3.63, 3.8) is 0 Å². The van der Waals surface area contributed by atoms with Gasteiger partial charge in [0, 0.05) is 52.4 Å². The maximum atomic E-state index is 13.8. The zero-order valence-corrected chi connectivity index (χ0v) is 25.9. The summed E-state index contributed by atoms with van der Waals surface area (Å²) in [7, 11) is 5.22. The van der Waals surface area contributed by atoms with Crippen LogP contribution in [-0.2, 0) is 14.3 Å². The van der Waals surface area contributed by atoms with Crippen LogP contribution in [0.25, 0.3) is 11.1 Å². The first-order valence-electron chi connectivity index (χ1n) is 14.0. The SMILES string of the molecule is CN(C)C(=O)c1cccc(-c2ccc(C(CN3CCOCC3)N(C)C(=O)CN3C(=O)COc4cc(Cl)c(Cl)cc43)cc2)c1. The van der Waals surface area contributed by atoms with Gasteiger partial charge in [0.2, 0.25) is 5.91 Å². The number of nitrogens with zero attached hydrogens (tertiary/aromatic N) is 4. The molecule has 2 heterocycles. The van der Waals surface area contributed by atoms with Crippen LogP contribution in [-0.4, -0.2) is 99.6 Å². The summed E-state index contributed by atoms with van der Waals surface area (Å²) >= 11 is 12.4. The van der Waals surface area contributed by atoms with Gasteiger partial charge in [0.1, 0.15) is 12.3 Å². The highest BCUT2D eigenvalue weighted by Crippen LogP contribution is 2.39. The molecule has 1 atom stereocenters. The summed E-state index contributed by atoms with van der Waals surface area (Å²) in [4.78, 5) is 46.0. The van der Waals surface area contributed by atoms with Crippen molar-refractivity contribution in [2.75, 3.05) is 72.0 Å². The van der Waals surface area contributed by atoms with Crippen LogP contribution in [0.3, 0.4) is 0 Å². The average Bonchev–Trinajstić information content (AvgIpc) is 3.02. The number of anilines is 1. The summed E-state index contributed by atoms with van der Waals surface area (Å²) < 4.78 is 11.1. The van der Waals surface area contributed by atoms with Gasteiger partial charge >= 0.3 is 0 Å². The molecule has 11 heteroatoms. The first kappa shape index (κ1) is 30.8. The van der Waals surface area contributed by atoms with Crippen LogP contribution in [0.15, 0.2) is 60.7 Å². The molecule has 0 spiro atoms. The molecule has 1 unspecified atom stereocenters. The van der Waals surface area contributed by atoms with E-state index in [2.05, 4.69) is 4.90 Å². The van der Waals surface area contributed by atoms with Gasteiger partial charge in [-0.3, -0.25) is 24.2 Å². The number of hydrogen-bond acceptors (Lipinski definition) is 6. The highest BCUT2D eigenvalue weighted by molar-refractivity contribution is 6.42. The van der Waals surface area contributed by atoms with Crippen molar-refractivity contribution in [2.24, 2.45) is 0 Å².